The van der Waals surface area contributed by atoms with Gasteiger partial charge < -0.3 is 13.9 Å². The summed E-state index contributed by atoms with van der Waals surface area (Å²) in [5.74, 6) is 1.81. The molecule has 0 amide bonds. The largest absolute Gasteiger partial charge is 0.465 e. The van der Waals surface area contributed by atoms with Gasteiger partial charge in [-0.1, -0.05) is 0 Å². The predicted octanol–water partition coefficient (Wildman–Crippen LogP) is 2.90. The molecule has 0 saturated heterocycles. The van der Waals surface area contributed by atoms with Crippen molar-refractivity contribution >= 4 is 11.9 Å². The molecule has 1 aliphatic heterocycles. The average Bonchev–Trinajstić information content (AvgIpc) is 3.05. The number of ether oxygens (including phenoxy) is 2. The minimum atomic E-state index is -0.107. The van der Waals surface area contributed by atoms with Crippen molar-refractivity contribution in [1.29, 1.82) is 0 Å². The number of allylic oxidation sites excluding steroid dienone is 1. The van der Waals surface area contributed by atoms with E-state index in [1.807, 2.05) is 0 Å². The molecule has 0 atom stereocenters. The van der Waals surface area contributed by atoms with Crippen LogP contribution in [0.2, 0.25) is 0 Å². The van der Waals surface area contributed by atoms with Crippen LogP contribution in [0.4, 0.5) is 0 Å². The zero-order valence-corrected chi connectivity index (χ0v) is 9.46. The summed E-state index contributed by atoms with van der Waals surface area (Å²) in [5.41, 5.74) is 0.557. The fraction of sp³-hybridized carbons (Fsp3) is 0.0714. The van der Waals surface area contributed by atoms with Crippen LogP contribution in [0.1, 0.15) is 16.1 Å². The molecule has 4 heteroatoms. The lowest BCUT2D eigenvalue weighted by Crippen LogP contribution is -1.94. The van der Waals surface area contributed by atoms with Gasteiger partial charge in [-0.15, -0.1) is 0 Å². The maximum Gasteiger partial charge on any atom is 0.231 e. The molecule has 2 aromatic rings. The Morgan fingerprint density at radius 3 is 2.89 bits per heavy atom. The topological polar surface area (TPSA) is 48.7 Å². The van der Waals surface area contributed by atoms with Gasteiger partial charge in [-0.25, -0.2) is 0 Å². The molecule has 4 nitrogen and oxygen atoms in total. The SMILES string of the molecule is O=C(/C=C/c1ccco1)c1ccc2c(c1)OCO2. The average molecular weight is 242 g/mol. The standard InChI is InChI=1S/C14H10O4/c15-12(5-4-11-2-1-7-16-11)10-3-6-13-14(8-10)18-9-17-13/h1-8H,9H2/b5-4+. The normalized spacial score (nSPS) is 13.1. The van der Waals surface area contributed by atoms with E-state index in [2.05, 4.69) is 0 Å². The fourth-order valence-corrected chi connectivity index (χ4v) is 1.69. The highest BCUT2D eigenvalue weighted by Gasteiger charge is 2.14. The van der Waals surface area contributed by atoms with Gasteiger partial charge in [0.25, 0.3) is 0 Å². The van der Waals surface area contributed by atoms with Crippen LogP contribution in [0.5, 0.6) is 11.5 Å². The molecule has 1 aromatic heterocycles. The minimum Gasteiger partial charge on any atom is -0.465 e. The van der Waals surface area contributed by atoms with Crippen molar-refractivity contribution in [1.82, 2.24) is 0 Å². The molecule has 0 spiro atoms. The highest BCUT2D eigenvalue weighted by Crippen LogP contribution is 2.32. The van der Waals surface area contributed by atoms with Crippen molar-refractivity contribution in [3.8, 4) is 11.5 Å². The van der Waals surface area contributed by atoms with Gasteiger partial charge in [-0.3, -0.25) is 4.79 Å². The number of hydrogen-bond donors (Lipinski definition) is 0. The van der Waals surface area contributed by atoms with E-state index in [0.717, 1.165) is 0 Å². The summed E-state index contributed by atoms with van der Waals surface area (Å²) in [6.07, 6.45) is 4.66. The maximum absolute atomic E-state index is 11.9. The summed E-state index contributed by atoms with van der Waals surface area (Å²) in [5, 5.41) is 0. The van der Waals surface area contributed by atoms with Crippen molar-refractivity contribution in [3.63, 3.8) is 0 Å². The molecule has 0 fully saturated rings. The van der Waals surface area contributed by atoms with E-state index >= 15 is 0 Å². The van der Waals surface area contributed by atoms with E-state index in [0.29, 0.717) is 22.8 Å². The van der Waals surface area contributed by atoms with E-state index in [-0.39, 0.29) is 12.6 Å². The molecule has 0 radical (unpaired) electrons. The van der Waals surface area contributed by atoms with Gasteiger partial charge in [0.1, 0.15) is 5.76 Å². The van der Waals surface area contributed by atoms with Crippen LogP contribution in [0.15, 0.2) is 47.1 Å². The molecule has 90 valence electrons. The van der Waals surface area contributed by atoms with Crippen molar-refractivity contribution in [2.45, 2.75) is 0 Å². The number of rotatable bonds is 3. The Morgan fingerprint density at radius 1 is 1.17 bits per heavy atom. The number of fused-ring (bicyclic) bond motifs is 1. The van der Waals surface area contributed by atoms with Gasteiger partial charge >= 0.3 is 0 Å². The van der Waals surface area contributed by atoms with Crippen LogP contribution in [-0.4, -0.2) is 12.6 Å². The van der Waals surface area contributed by atoms with E-state index < -0.39 is 0 Å². The van der Waals surface area contributed by atoms with Crippen molar-refractivity contribution in [2.75, 3.05) is 6.79 Å². The summed E-state index contributed by atoms with van der Waals surface area (Å²) < 4.78 is 15.5. The Morgan fingerprint density at radius 2 is 2.06 bits per heavy atom. The number of carbonyl (C=O) groups is 1. The van der Waals surface area contributed by atoms with E-state index in [1.54, 1.807) is 42.7 Å². The Balaban J connectivity index is 1.80. The molecule has 2 heterocycles. The summed E-state index contributed by atoms with van der Waals surface area (Å²) in [6.45, 7) is 0.204. The summed E-state index contributed by atoms with van der Waals surface area (Å²) in [7, 11) is 0. The summed E-state index contributed by atoms with van der Waals surface area (Å²) in [4.78, 5) is 11.9. The van der Waals surface area contributed by atoms with Gasteiger partial charge in [0, 0.05) is 5.56 Å². The number of carbonyl (C=O) groups excluding carboxylic acids is 1. The van der Waals surface area contributed by atoms with E-state index in [9.17, 15) is 4.79 Å². The van der Waals surface area contributed by atoms with Crippen molar-refractivity contribution in [2.24, 2.45) is 0 Å². The third-order valence-corrected chi connectivity index (χ3v) is 2.60. The second-order valence-electron chi connectivity index (χ2n) is 3.78. The van der Waals surface area contributed by atoms with Crippen LogP contribution >= 0.6 is 0 Å². The quantitative estimate of drug-likeness (QED) is 0.613. The van der Waals surface area contributed by atoms with Gasteiger partial charge in [-0.05, 0) is 42.5 Å². The smallest absolute Gasteiger partial charge is 0.231 e. The van der Waals surface area contributed by atoms with Gasteiger partial charge in [0.2, 0.25) is 6.79 Å². The molecule has 18 heavy (non-hydrogen) atoms. The number of benzene rings is 1. The first-order chi connectivity index (χ1) is 8.83. The van der Waals surface area contributed by atoms with Crippen LogP contribution in [0, 0.1) is 0 Å². The van der Waals surface area contributed by atoms with Gasteiger partial charge in [-0.2, -0.15) is 0 Å². The lowest BCUT2D eigenvalue weighted by Gasteiger charge is -1.98. The Hall–Kier alpha value is -2.49. The second kappa shape index (κ2) is 4.41. The van der Waals surface area contributed by atoms with Crippen molar-refractivity contribution < 1.29 is 18.7 Å². The third kappa shape index (κ3) is 2.00. The van der Waals surface area contributed by atoms with Crippen LogP contribution in [-0.2, 0) is 0 Å². The highest BCUT2D eigenvalue weighted by atomic mass is 16.7. The number of hydrogen-bond acceptors (Lipinski definition) is 4. The first-order valence-corrected chi connectivity index (χ1v) is 5.48. The van der Waals surface area contributed by atoms with Crippen LogP contribution < -0.4 is 9.47 Å². The third-order valence-electron chi connectivity index (χ3n) is 2.60. The van der Waals surface area contributed by atoms with Crippen LogP contribution in [0.3, 0.4) is 0 Å². The molecule has 3 rings (SSSR count). The molecule has 0 aliphatic carbocycles. The summed E-state index contributed by atoms with van der Waals surface area (Å²) >= 11 is 0. The van der Waals surface area contributed by atoms with E-state index in [1.165, 1.54) is 6.08 Å². The number of ketones is 1. The molecule has 1 aliphatic rings. The maximum atomic E-state index is 11.9. The zero-order chi connectivity index (χ0) is 12.4. The first-order valence-electron chi connectivity index (χ1n) is 5.48. The second-order valence-corrected chi connectivity index (χ2v) is 3.78. The molecule has 0 bridgehead atoms. The lowest BCUT2D eigenvalue weighted by molar-refractivity contribution is 0.104. The molecular formula is C14H10O4. The van der Waals surface area contributed by atoms with E-state index in [4.69, 9.17) is 13.9 Å². The predicted molar refractivity (Wildman–Crippen MR) is 64.6 cm³/mol. The van der Waals surface area contributed by atoms with Gasteiger partial charge in [0.05, 0.1) is 6.26 Å². The molecular weight excluding hydrogens is 232 g/mol. The molecule has 1 aromatic carbocycles. The molecule has 0 N–H and O–H groups in total. The zero-order valence-electron chi connectivity index (χ0n) is 9.46. The minimum absolute atomic E-state index is 0.107. The monoisotopic (exact) mass is 242 g/mol. The van der Waals surface area contributed by atoms with Gasteiger partial charge in [0.15, 0.2) is 17.3 Å². The molecule has 0 saturated carbocycles. The fourth-order valence-electron chi connectivity index (χ4n) is 1.69. The lowest BCUT2D eigenvalue weighted by atomic mass is 10.1. The Labute approximate surface area is 103 Å². The Kier molecular flexibility index (Phi) is 2.61. The molecule has 0 unspecified atom stereocenters. The summed E-state index contributed by atoms with van der Waals surface area (Å²) in [6, 6.07) is 8.67. The number of furan rings is 1. The Bertz CT molecular complexity index is 596. The van der Waals surface area contributed by atoms with Crippen molar-refractivity contribution in [3.05, 3.63) is 54.0 Å². The first kappa shape index (κ1) is 10.7. The highest BCUT2D eigenvalue weighted by molar-refractivity contribution is 6.07. The van der Waals surface area contributed by atoms with Crippen LogP contribution in [0.25, 0.3) is 6.08 Å².